The van der Waals surface area contributed by atoms with Gasteiger partial charge in [0.2, 0.25) is 0 Å². The van der Waals surface area contributed by atoms with Crippen LogP contribution in [-0.2, 0) is 13.1 Å². The number of rotatable bonds is 5. The Labute approximate surface area is 156 Å². The van der Waals surface area contributed by atoms with Gasteiger partial charge >= 0.3 is 0 Å². The number of nitrogens with one attached hydrogen (secondary N) is 1. The molecule has 5 heteroatoms. The Bertz CT molecular complexity index is 1070. The Hall–Kier alpha value is -3.60. The van der Waals surface area contributed by atoms with E-state index in [0.717, 1.165) is 21.9 Å². The van der Waals surface area contributed by atoms with Crippen molar-refractivity contribution in [3.05, 3.63) is 95.8 Å². The number of carbonyl (C=O) groups excluding carboxylic acids is 1. The molecule has 1 amide bonds. The number of phenolic OH excluding ortho intramolecular Hbond substituents is 1. The van der Waals surface area contributed by atoms with Crippen LogP contribution in [0.5, 0.6) is 5.75 Å². The first-order valence-electron chi connectivity index (χ1n) is 8.74. The average Bonchev–Trinajstić information content (AvgIpc) is 3.19. The van der Waals surface area contributed by atoms with Gasteiger partial charge in [0, 0.05) is 18.9 Å². The van der Waals surface area contributed by atoms with Gasteiger partial charge in [0.1, 0.15) is 5.75 Å². The van der Waals surface area contributed by atoms with Gasteiger partial charge in [-0.05, 0) is 40.1 Å². The summed E-state index contributed by atoms with van der Waals surface area (Å²) in [5.74, 6) is -0.306. The molecule has 0 bridgehead atoms. The number of hydrogen-bond donors (Lipinski definition) is 2. The molecule has 0 fully saturated rings. The van der Waals surface area contributed by atoms with E-state index in [9.17, 15) is 9.90 Å². The maximum absolute atomic E-state index is 12.5. The number of benzene rings is 3. The Morgan fingerprint density at radius 2 is 1.67 bits per heavy atom. The highest BCUT2D eigenvalue weighted by atomic mass is 16.3. The Kier molecular flexibility index (Phi) is 4.58. The van der Waals surface area contributed by atoms with E-state index >= 15 is 0 Å². The third kappa shape index (κ3) is 3.82. The van der Waals surface area contributed by atoms with Crippen LogP contribution in [-0.4, -0.2) is 20.8 Å². The Morgan fingerprint density at radius 3 is 2.37 bits per heavy atom. The fourth-order valence-corrected chi connectivity index (χ4v) is 3.03. The van der Waals surface area contributed by atoms with E-state index in [4.69, 9.17) is 0 Å². The van der Waals surface area contributed by atoms with Crippen molar-refractivity contribution >= 4 is 16.7 Å². The number of carbonyl (C=O) groups is 1. The molecule has 4 aromatic rings. The number of amides is 1. The van der Waals surface area contributed by atoms with Gasteiger partial charge in [-0.1, -0.05) is 48.5 Å². The lowest BCUT2D eigenvalue weighted by molar-refractivity contribution is 0.0948. The summed E-state index contributed by atoms with van der Waals surface area (Å²) in [6.45, 7) is 1.11. The van der Waals surface area contributed by atoms with E-state index in [-0.39, 0.29) is 17.2 Å². The lowest BCUT2D eigenvalue weighted by Crippen LogP contribution is -2.22. The minimum atomic E-state index is -0.293. The van der Waals surface area contributed by atoms with Crippen LogP contribution in [0.2, 0.25) is 0 Å². The van der Waals surface area contributed by atoms with Gasteiger partial charge in [-0.25, -0.2) is 0 Å². The highest BCUT2D eigenvalue weighted by Crippen LogP contribution is 2.25. The zero-order valence-corrected chi connectivity index (χ0v) is 14.7. The number of aromatic hydroxyl groups is 1. The van der Waals surface area contributed by atoms with Crippen molar-refractivity contribution in [1.82, 2.24) is 15.1 Å². The van der Waals surface area contributed by atoms with Crippen LogP contribution >= 0.6 is 0 Å². The van der Waals surface area contributed by atoms with Crippen molar-refractivity contribution in [2.45, 2.75) is 13.1 Å². The minimum Gasteiger partial charge on any atom is -0.507 e. The van der Waals surface area contributed by atoms with E-state index in [2.05, 4.69) is 10.4 Å². The molecule has 0 aliphatic heterocycles. The summed E-state index contributed by atoms with van der Waals surface area (Å²) >= 11 is 0. The van der Waals surface area contributed by atoms with E-state index in [1.165, 1.54) is 0 Å². The lowest BCUT2D eigenvalue weighted by Gasteiger charge is -2.09. The molecule has 1 heterocycles. The number of phenols is 1. The highest BCUT2D eigenvalue weighted by Gasteiger charge is 2.12. The van der Waals surface area contributed by atoms with Crippen molar-refractivity contribution in [2.24, 2.45) is 0 Å². The smallest absolute Gasteiger partial charge is 0.255 e. The number of fused-ring (bicyclic) bond motifs is 1. The largest absolute Gasteiger partial charge is 0.507 e. The van der Waals surface area contributed by atoms with Crippen LogP contribution in [0.25, 0.3) is 10.8 Å². The third-order valence-corrected chi connectivity index (χ3v) is 4.49. The summed E-state index contributed by atoms with van der Waals surface area (Å²) in [5, 5.41) is 19.1. The van der Waals surface area contributed by atoms with Crippen LogP contribution in [0.3, 0.4) is 0 Å². The van der Waals surface area contributed by atoms with Crippen LogP contribution in [0.15, 0.2) is 79.1 Å². The molecular weight excluding hydrogens is 338 g/mol. The molecule has 0 saturated carbocycles. The fraction of sp³-hybridized carbons (Fsp3) is 0.0909. The molecule has 27 heavy (non-hydrogen) atoms. The van der Waals surface area contributed by atoms with Crippen LogP contribution in [0.4, 0.5) is 0 Å². The van der Waals surface area contributed by atoms with Crippen molar-refractivity contribution in [3.63, 3.8) is 0 Å². The Morgan fingerprint density at radius 1 is 0.963 bits per heavy atom. The number of aromatic nitrogens is 2. The zero-order chi connectivity index (χ0) is 18.6. The van der Waals surface area contributed by atoms with Crippen molar-refractivity contribution in [2.75, 3.05) is 0 Å². The molecule has 0 radical (unpaired) electrons. The zero-order valence-electron chi connectivity index (χ0n) is 14.7. The highest BCUT2D eigenvalue weighted by molar-refractivity contribution is 6.01. The van der Waals surface area contributed by atoms with Gasteiger partial charge < -0.3 is 10.4 Å². The molecule has 134 valence electrons. The summed E-state index contributed by atoms with van der Waals surface area (Å²) < 4.78 is 1.86. The SMILES string of the molecule is O=C(NCc1ccc(Cn2cccn2)cc1)c1cc2ccccc2cc1O. The average molecular weight is 357 g/mol. The second-order valence-corrected chi connectivity index (χ2v) is 6.42. The Balaban J connectivity index is 1.42. The summed E-state index contributed by atoms with van der Waals surface area (Å²) in [6.07, 6.45) is 3.68. The van der Waals surface area contributed by atoms with Crippen LogP contribution in [0, 0.1) is 0 Å². The lowest BCUT2D eigenvalue weighted by atomic mass is 10.1. The maximum atomic E-state index is 12.5. The monoisotopic (exact) mass is 357 g/mol. The number of hydrogen-bond acceptors (Lipinski definition) is 3. The van der Waals surface area contributed by atoms with Gasteiger partial charge in [-0.3, -0.25) is 9.48 Å². The van der Waals surface area contributed by atoms with Crippen molar-refractivity contribution in [3.8, 4) is 5.75 Å². The molecule has 5 nitrogen and oxygen atoms in total. The second-order valence-electron chi connectivity index (χ2n) is 6.42. The molecule has 0 spiro atoms. The van der Waals surface area contributed by atoms with Crippen molar-refractivity contribution in [1.29, 1.82) is 0 Å². The van der Waals surface area contributed by atoms with E-state index < -0.39 is 0 Å². The summed E-state index contributed by atoms with van der Waals surface area (Å²) in [5.41, 5.74) is 2.41. The maximum Gasteiger partial charge on any atom is 0.255 e. The topological polar surface area (TPSA) is 67.2 Å². The summed E-state index contributed by atoms with van der Waals surface area (Å²) in [7, 11) is 0. The fourth-order valence-electron chi connectivity index (χ4n) is 3.03. The van der Waals surface area contributed by atoms with Gasteiger partial charge in [-0.15, -0.1) is 0 Å². The minimum absolute atomic E-state index is 0.0132. The quantitative estimate of drug-likeness (QED) is 0.572. The molecule has 0 unspecified atom stereocenters. The molecular formula is C22H19N3O2. The predicted octanol–water partition coefficient (Wildman–Crippen LogP) is 3.72. The molecule has 0 saturated heterocycles. The van der Waals surface area contributed by atoms with E-state index in [1.54, 1.807) is 18.3 Å². The van der Waals surface area contributed by atoms with Gasteiger partial charge in [0.05, 0.1) is 12.1 Å². The number of nitrogens with zero attached hydrogens (tertiary/aromatic N) is 2. The van der Waals surface area contributed by atoms with Crippen LogP contribution in [0.1, 0.15) is 21.5 Å². The van der Waals surface area contributed by atoms with Gasteiger partial charge in [-0.2, -0.15) is 5.10 Å². The standard InChI is InChI=1S/C22H19N3O2/c26-21-13-19-5-2-1-4-18(19)12-20(21)22(27)23-14-16-6-8-17(9-7-16)15-25-11-3-10-24-25/h1-13,26H,14-15H2,(H,23,27). The molecule has 3 aromatic carbocycles. The first kappa shape index (κ1) is 16.8. The van der Waals surface area contributed by atoms with E-state index in [1.807, 2.05) is 65.5 Å². The molecule has 1 aromatic heterocycles. The third-order valence-electron chi connectivity index (χ3n) is 4.49. The molecule has 0 aliphatic rings. The summed E-state index contributed by atoms with van der Waals surface area (Å²) in [6, 6.07) is 20.9. The predicted molar refractivity (Wildman–Crippen MR) is 105 cm³/mol. The van der Waals surface area contributed by atoms with Gasteiger partial charge in [0.25, 0.3) is 5.91 Å². The normalized spacial score (nSPS) is 10.8. The summed E-state index contributed by atoms with van der Waals surface area (Å²) in [4.78, 5) is 12.5. The molecule has 4 rings (SSSR count). The van der Waals surface area contributed by atoms with Crippen LogP contribution < -0.4 is 5.32 Å². The first-order chi connectivity index (χ1) is 13.2. The van der Waals surface area contributed by atoms with E-state index in [0.29, 0.717) is 13.1 Å². The molecule has 2 N–H and O–H groups in total. The first-order valence-corrected chi connectivity index (χ1v) is 8.74. The molecule has 0 aliphatic carbocycles. The molecule has 0 atom stereocenters. The second kappa shape index (κ2) is 7.33. The van der Waals surface area contributed by atoms with Crippen molar-refractivity contribution < 1.29 is 9.90 Å². The van der Waals surface area contributed by atoms with Gasteiger partial charge in [0.15, 0.2) is 0 Å².